The number of hydrogen-bond acceptors (Lipinski definition) is 6. The van der Waals surface area contributed by atoms with Gasteiger partial charge in [0.2, 0.25) is 10.0 Å². The Morgan fingerprint density at radius 2 is 1.90 bits per heavy atom. The first kappa shape index (κ1) is 18.1. The van der Waals surface area contributed by atoms with Crippen LogP contribution in [0, 0.1) is 6.92 Å². The second kappa shape index (κ2) is 7.35. The number of thiophene rings is 1. The van der Waals surface area contributed by atoms with E-state index in [0.717, 1.165) is 24.3 Å². The highest BCUT2D eigenvalue weighted by Gasteiger charge is 2.30. The minimum Gasteiger partial charge on any atom is -0.465 e. The minimum atomic E-state index is -3.69. The molecule has 0 saturated heterocycles. The van der Waals surface area contributed by atoms with E-state index in [9.17, 15) is 13.2 Å². The lowest BCUT2D eigenvalue weighted by Crippen LogP contribution is -2.31. The fourth-order valence-electron chi connectivity index (χ4n) is 1.87. The second-order valence-corrected chi connectivity index (χ2v) is 7.91. The van der Waals surface area contributed by atoms with Crippen LogP contribution < -0.4 is 0 Å². The van der Waals surface area contributed by atoms with Crippen molar-refractivity contribution in [1.82, 2.24) is 9.21 Å². The molecule has 120 valence electrons. The third-order valence-corrected chi connectivity index (χ3v) is 6.29. The first-order valence-electron chi connectivity index (χ1n) is 6.49. The first-order valence-corrected chi connectivity index (χ1v) is 8.81. The lowest BCUT2D eigenvalue weighted by atomic mass is 10.3. The van der Waals surface area contributed by atoms with Gasteiger partial charge in [-0.05, 0) is 44.9 Å². The Balaban J connectivity index is 3.02. The molecule has 0 unspecified atom stereocenters. The molecular formula is C13H22N2O4S2. The fourth-order valence-corrected chi connectivity index (χ4v) is 4.73. The molecule has 0 radical (unpaired) electrons. The van der Waals surface area contributed by atoms with Crippen LogP contribution in [0.15, 0.2) is 10.3 Å². The summed E-state index contributed by atoms with van der Waals surface area (Å²) in [4.78, 5) is 13.9. The highest BCUT2D eigenvalue weighted by Crippen LogP contribution is 2.29. The summed E-state index contributed by atoms with van der Waals surface area (Å²) < 4.78 is 31.2. The molecule has 0 N–H and O–H groups in total. The molecule has 1 rings (SSSR count). The summed E-state index contributed by atoms with van der Waals surface area (Å²) in [5.41, 5.74) is 0.569. The van der Waals surface area contributed by atoms with E-state index in [0.29, 0.717) is 12.1 Å². The Bertz CT molecular complexity index is 593. The number of carbonyl (C=O) groups is 1. The summed E-state index contributed by atoms with van der Waals surface area (Å²) in [5.74, 6) is -0.617. The number of esters is 1. The molecule has 0 fully saturated rings. The van der Waals surface area contributed by atoms with Crippen LogP contribution >= 0.6 is 11.3 Å². The topological polar surface area (TPSA) is 66.9 Å². The summed E-state index contributed by atoms with van der Waals surface area (Å²) in [7, 11) is 2.96. The van der Waals surface area contributed by atoms with E-state index in [1.54, 1.807) is 12.3 Å². The standard InChI is InChI=1S/C13H22N2O4S2/c1-10-9-20-11(13(16)19-5)12(10)21(17,18)15(4)8-6-7-14(2)3/h9H,6-8H2,1-5H3. The van der Waals surface area contributed by atoms with Crippen LogP contribution in [-0.4, -0.2) is 64.9 Å². The fraction of sp³-hybridized carbons (Fsp3) is 0.615. The molecule has 1 aromatic heterocycles. The van der Waals surface area contributed by atoms with E-state index in [1.807, 2.05) is 19.0 Å². The molecule has 0 aliphatic heterocycles. The van der Waals surface area contributed by atoms with Crippen LogP contribution in [0.5, 0.6) is 0 Å². The largest absolute Gasteiger partial charge is 0.465 e. The van der Waals surface area contributed by atoms with Gasteiger partial charge in [-0.25, -0.2) is 17.5 Å². The van der Waals surface area contributed by atoms with E-state index in [2.05, 4.69) is 4.74 Å². The number of carbonyl (C=O) groups excluding carboxylic acids is 1. The molecule has 0 atom stereocenters. The van der Waals surface area contributed by atoms with Crippen molar-refractivity contribution in [3.05, 3.63) is 15.8 Å². The van der Waals surface area contributed by atoms with Crippen LogP contribution in [-0.2, 0) is 14.8 Å². The molecule has 0 saturated carbocycles. The highest BCUT2D eigenvalue weighted by atomic mass is 32.2. The van der Waals surface area contributed by atoms with E-state index in [1.165, 1.54) is 18.5 Å². The normalized spacial score (nSPS) is 12.1. The number of aryl methyl sites for hydroxylation is 1. The molecule has 0 amide bonds. The number of hydrogen-bond donors (Lipinski definition) is 0. The third kappa shape index (κ3) is 4.26. The van der Waals surface area contributed by atoms with Crippen LogP contribution in [0.4, 0.5) is 0 Å². The van der Waals surface area contributed by atoms with Gasteiger partial charge in [0.05, 0.1) is 7.11 Å². The van der Waals surface area contributed by atoms with E-state index in [4.69, 9.17) is 0 Å². The third-order valence-electron chi connectivity index (χ3n) is 3.04. The summed E-state index contributed by atoms with van der Waals surface area (Å²) in [6, 6.07) is 0. The Labute approximate surface area is 130 Å². The predicted octanol–water partition coefficient (Wildman–Crippen LogP) is 1.42. The highest BCUT2D eigenvalue weighted by molar-refractivity contribution is 7.89. The number of ether oxygens (including phenoxy) is 1. The molecule has 0 bridgehead atoms. The maximum atomic E-state index is 12.6. The minimum absolute atomic E-state index is 0.0618. The van der Waals surface area contributed by atoms with Crippen molar-refractivity contribution in [1.29, 1.82) is 0 Å². The molecule has 21 heavy (non-hydrogen) atoms. The summed E-state index contributed by atoms with van der Waals surface area (Å²) in [6.45, 7) is 2.88. The van der Waals surface area contributed by atoms with Gasteiger partial charge in [0, 0.05) is 13.6 Å². The van der Waals surface area contributed by atoms with Crippen molar-refractivity contribution in [3.8, 4) is 0 Å². The van der Waals surface area contributed by atoms with Gasteiger partial charge in [-0.2, -0.15) is 0 Å². The van der Waals surface area contributed by atoms with Gasteiger partial charge in [-0.1, -0.05) is 0 Å². The zero-order valence-electron chi connectivity index (χ0n) is 13.0. The van der Waals surface area contributed by atoms with Crippen molar-refractivity contribution in [2.45, 2.75) is 18.2 Å². The zero-order chi connectivity index (χ0) is 16.2. The maximum absolute atomic E-state index is 12.6. The van der Waals surface area contributed by atoms with E-state index >= 15 is 0 Å². The molecule has 0 spiro atoms. The molecule has 0 aromatic carbocycles. The number of nitrogens with zero attached hydrogens (tertiary/aromatic N) is 2. The lowest BCUT2D eigenvalue weighted by molar-refractivity contribution is 0.0602. The molecule has 1 heterocycles. The van der Waals surface area contributed by atoms with Crippen LogP contribution in [0.1, 0.15) is 21.7 Å². The number of methoxy groups -OCH3 is 1. The summed E-state index contributed by atoms with van der Waals surface area (Å²) >= 11 is 1.09. The van der Waals surface area contributed by atoms with Crippen molar-refractivity contribution in [3.63, 3.8) is 0 Å². The van der Waals surface area contributed by atoms with Gasteiger partial charge in [0.25, 0.3) is 0 Å². The summed E-state index contributed by atoms with van der Waals surface area (Å²) in [5, 5.41) is 1.66. The van der Waals surface area contributed by atoms with Gasteiger partial charge in [0.15, 0.2) is 0 Å². The van der Waals surface area contributed by atoms with E-state index < -0.39 is 16.0 Å². The average molecular weight is 334 g/mol. The Morgan fingerprint density at radius 3 is 2.43 bits per heavy atom. The van der Waals surface area contributed by atoms with Crippen LogP contribution in [0.25, 0.3) is 0 Å². The molecule has 6 nitrogen and oxygen atoms in total. The van der Waals surface area contributed by atoms with Gasteiger partial charge in [-0.3, -0.25) is 0 Å². The average Bonchev–Trinajstić information content (AvgIpc) is 2.79. The van der Waals surface area contributed by atoms with Gasteiger partial charge >= 0.3 is 5.97 Å². The summed E-state index contributed by atoms with van der Waals surface area (Å²) in [6.07, 6.45) is 0.722. The van der Waals surface area contributed by atoms with Crippen molar-refractivity contribution >= 4 is 27.3 Å². The Kier molecular flexibility index (Phi) is 6.33. The monoisotopic (exact) mass is 334 g/mol. The van der Waals surface area contributed by atoms with Crippen LogP contribution in [0.2, 0.25) is 0 Å². The van der Waals surface area contributed by atoms with Crippen molar-refractivity contribution in [2.75, 3.05) is 41.3 Å². The predicted molar refractivity (Wildman–Crippen MR) is 83.4 cm³/mol. The second-order valence-electron chi connectivity index (χ2n) is 5.05. The van der Waals surface area contributed by atoms with Gasteiger partial charge < -0.3 is 9.64 Å². The molecule has 1 aromatic rings. The first-order chi connectivity index (χ1) is 9.71. The Morgan fingerprint density at radius 1 is 1.29 bits per heavy atom. The zero-order valence-corrected chi connectivity index (χ0v) is 14.7. The smallest absolute Gasteiger partial charge is 0.349 e. The molecule has 0 aliphatic carbocycles. The SMILES string of the molecule is COC(=O)c1scc(C)c1S(=O)(=O)N(C)CCCN(C)C. The van der Waals surface area contributed by atoms with Crippen LogP contribution in [0.3, 0.4) is 0 Å². The maximum Gasteiger partial charge on any atom is 0.349 e. The Hall–Kier alpha value is -0.960. The number of rotatable bonds is 7. The van der Waals surface area contributed by atoms with Gasteiger partial charge in [-0.15, -0.1) is 11.3 Å². The quantitative estimate of drug-likeness (QED) is 0.706. The van der Waals surface area contributed by atoms with Crippen molar-refractivity contribution < 1.29 is 17.9 Å². The van der Waals surface area contributed by atoms with Gasteiger partial charge in [0.1, 0.15) is 9.77 Å². The van der Waals surface area contributed by atoms with Crippen molar-refractivity contribution in [2.24, 2.45) is 0 Å². The molecular weight excluding hydrogens is 312 g/mol. The molecule has 8 heteroatoms. The van der Waals surface area contributed by atoms with E-state index in [-0.39, 0.29) is 9.77 Å². The lowest BCUT2D eigenvalue weighted by Gasteiger charge is -2.19. The molecule has 0 aliphatic rings. The number of sulfonamides is 1.